The van der Waals surface area contributed by atoms with Crippen LogP contribution in [0, 0.1) is 5.92 Å². The lowest BCUT2D eigenvalue weighted by molar-refractivity contribution is 0.267. The van der Waals surface area contributed by atoms with E-state index in [-0.39, 0.29) is 5.48 Å². The number of unbranched alkanes of at least 4 members (excludes halogenated alkanes) is 1. The van der Waals surface area contributed by atoms with Gasteiger partial charge in [-0.1, -0.05) is 44.9 Å². The van der Waals surface area contributed by atoms with Gasteiger partial charge in [0.15, 0.2) is 0 Å². The molecule has 2 nitrogen and oxygen atoms in total. The van der Waals surface area contributed by atoms with E-state index in [0.717, 1.165) is 12.3 Å². The van der Waals surface area contributed by atoms with E-state index in [2.05, 4.69) is 0 Å². The molecule has 0 unspecified atom stereocenters. The van der Waals surface area contributed by atoms with Crippen LogP contribution in [0.3, 0.4) is 0 Å². The van der Waals surface area contributed by atoms with E-state index in [0.29, 0.717) is 6.61 Å². The van der Waals surface area contributed by atoms with E-state index < -0.39 is 0 Å². The fraction of sp³-hybridized carbons (Fsp3) is 1.00. The average Bonchev–Trinajstić information content (AvgIpc) is 2.07. The molecule has 12 heavy (non-hydrogen) atoms. The molecule has 1 aliphatic carbocycles. The van der Waals surface area contributed by atoms with Gasteiger partial charge in [-0.3, -0.25) is 0 Å². The van der Waals surface area contributed by atoms with E-state index >= 15 is 0 Å². The largest absolute Gasteiger partial charge is 0.412 e. The van der Waals surface area contributed by atoms with Crippen LogP contribution >= 0.6 is 0 Å². The van der Waals surface area contributed by atoms with Crippen molar-refractivity contribution in [3.05, 3.63) is 0 Å². The van der Waals surface area contributed by atoms with E-state index in [1.807, 2.05) is 0 Å². The maximum Gasteiger partial charge on any atom is 0.0431 e. The molecule has 0 aromatic rings. The van der Waals surface area contributed by atoms with Crippen molar-refractivity contribution in [3.63, 3.8) is 0 Å². The standard InChI is InChI=1S/C10H20O.H2O/c11-9-5-4-8-10-6-2-1-3-7-10;/h10-11H,1-9H2;1H2. The number of rotatable bonds is 4. The molecule has 0 amide bonds. The van der Waals surface area contributed by atoms with Crippen LogP contribution in [0.2, 0.25) is 0 Å². The van der Waals surface area contributed by atoms with Crippen molar-refractivity contribution >= 4 is 0 Å². The Labute approximate surface area is 75.3 Å². The number of aliphatic hydroxyl groups is 1. The van der Waals surface area contributed by atoms with Crippen LogP contribution in [0.15, 0.2) is 0 Å². The topological polar surface area (TPSA) is 51.7 Å². The van der Waals surface area contributed by atoms with Gasteiger partial charge in [0, 0.05) is 6.61 Å². The monoisotopic (exact) mass is 174 g/mol. The second kappa shape index (κ2) is 7.56. The first-order valence-electron chi connectivity index (χ1n) is 5.04. The molecule has 0 aromatic carbocycles. The molecule has 0 aromatic heterocycles. The van der Waals surface area contributed by atoms with Crippen molar-refractivity contribution in [2.45, 2.75) is 51.4 Å². The summed E-state index contributed by atoms with van der Waals surface area (Å²) in [6.45, 7) is 0.382. The number of hydrogen-bond donors (Lipinski definition) is 1. The van der Waals surface area contributed by atoms with Gasteiger partial charge in [-0.05, 0) is 12.3 Å². The van der Waals surface area contributed by atoms with Crippen molar-refractivity contribution in [2.75, 3.05) is 6.61 Å². The highest BCUT2D eigenvalue weighted by Gasteiger charge is 2.11. The van der Waals surface area contributed by atoms with Crippen LogP contribution in [0.4, 0.5) is 0 Å². The van der Waals surface area contributed by atoms with Crippen LogP contribution in [-0.4, -0.2) is 17.2 Å². The zero-order valence-electron chi connectivity index (χ0n) is 7.89. The molecule has 0 saturated heterocycles. The van der Waals surface area contributed by atoms with Crippen molar-refractivity contribution < 1.29 is 10.6 Å². The van der Waals surface area contributed by atoms with Crippen molar-refractivity contribution in [1.29, 1.82) is 0 Å². The summed E-state index contributed by atoms with van der Waals surface area (Å²) in [6.07, 6.45) is 10.9. The minimum absolute atomic E-state index is 0. The van der Waals surface area contributed by atoms with Gasteiger partial charge in [-0.2, -0.15) is 0 Å². The lowest BCUT2D eigenvalue weighted by atomic mass is 9.86. The average molecular weight is 174 g/mol. The Balaban J connectivity index is 0.00000121. The Morgan fingerprint density at radius 1 is 1.00 bits per heavy atom. The van der Waals surface area contributed by atoms with Gasteiger partial charge in [0.05, 0.1) is 0 Å². The molecule has 3 N–H and O–H groups in total. The predicted molar refractivity (Wildman–Crippen MR) is 51.1 cm³/mol. The zero-order valence-corrected chi connectivity index (χ0v) is 7.89. The fourth-order valence-corrected chi connectivity index (χ4v) is 2.02. The molecule has 1 saturated carbocycles. The van der Waals surface area contributed by atoms with Gasteiger partial charge in [-0.15, -0.1) is 0 Å². The van der Waals surface area contributed by atoms with E-state index in [4.69, 9.17) is 5.11 Å². The lowest BCUT2D eigenvalue weighted by Gasteiger charge is -2.20. The van der Waals surface area contributed by atoms with Gasteiger partial charge in [0.1, 0.15) is 0 Å². The van der Waals surface area contributed by atoms with Crippen molar-refractivity contribution in [1.82, 2.24) is 0 Å². The molecule has 1 aliphatic rings. The molecule has 1 rings (SSSR count). The Morgan fingerprint density at radius 2 is 1.67 bits per heavy atom. The predicted octanol–water partition coefficient (Wildman–Crippen LogP) is 1.90. The number of hydrogen-bond acceptors (Lipinski definition) is 1. The quantitative estimate of drug-likeness (QED) is 0.650. The summed E-state index contributed by atoms with van der Waals surface area (Å²) in [5.74, 6) is 0.996. The Kier molecular flexibility index (Phi) is 7.51. The molecule has 0 heterocycles. The summed E-state index contributed by atoms with van der Waals surface area (Å²) in [5, 5.41) is 8.60. The third kappa shape index (κ3) is 4.73. The van der Waals surface area contributed by atoms with Crippen molar-refractivity contribution in [3.8, 4) is 0 Å². The first-order valence-corrected chi connectivity index (χ1v) is 5.04. The zero-order chi connectivity index (χ0) is 7.94. The highest BCUT2D eigenvalue weighted by Crippen LogP contribution is 2.27. The van der Waals surface area contributed by atoms with Gasteiger partial charge < -0.3 is 10.6 Å². The first-order chi connectivity index (χ1) is 5.43. The van der Waals surface area contributed by atoms with Gasteiger partial charge in [0.25, 0.3) is 0 Å². The van der Waals surface area contributed by atoms with Crippen molar-refractivity contribution in [2.24, 2.45) is 5.92 Å². The minimum atomic E-state index is 0. The van der Waals surface area contributed by atoms with Crippen LogP contribution < -0.4 is 0 Å². The Bertz CT molecular complexity index is 87.8. The maximum absolute atomic E-state index is 8.60. The Hall–Kier alpha value is -0.0800. The highest BCUT2D eigenvalue weighted by molar-refractivity contribution is 4.65. The molecule has 0 bridgehead atoms. The number of aliphatic hydroxyl groups excluding tert-OH is 1. The summed E-state index contributed by atoms with van der Waals surface area (Å²) in [4.78, 5) is 0. The van der Waals surface area contributed by atoms with E-state index in [9.17, 15) is 0 Å². The Morgan fingerprint density at radius 3 is 2.25 bits per heavy atom. The van der Waals surface area contributed by atoms with E-state index in [1.54, 1.807) is 0 Å². The summed E-state index contributed by atoms with van der Waals surface area (Å²) in [5.41, 5.74) is 0. The third-order valence-electron chi connectivity index (χ3n) is 2.75. The molecular weight excluding hydrogens is 152 g/mol. The molecular formula is C10H22O2. The van der Waals surface area contributed by atoms with E-state index in [1.165, 1.54) is 44.9 Å². The van der Waals surface area contributed by atoms with Gasteiger partial charge in [-0.25, -0.2) is 0 Å². The molecule has 0 atom stereocenters. The SMILES string of the molecule is O.OCCCCC1CCCCC1. The molecule has 1 fully saturated rings. The summed E-state index contributed by atoms with van der Waals surface area (Å²) in [7, 11) is 0. The normalized spacial score (nSPS) is 18.8. The second-order valence-corrected chi connectivity index (χ2v) is 3.72. The minimum Gasteiger partial charge on any atom is -0.412 e. The van der Waals surface area contributed by atoms with Gasteiger partial charge in [0.2, 0.25) is 0 Å². The molecule has 0 spiro atoms. The third-order valence-corrected chi connectivity index (χ3v) is 2.75. The first kappa shape index (κ1) is 11.9. The molecule has 0 aliphatic heterocycles. The fourth-order valence-electron chi connectivity index (χ4n) is 2.02. The van der Waals surface area contributed by atoms with Crippen LogP contribution in [0.1, 0.15) is 51.4 Å². The smallest absolute Gasteiger partial charge is 0.0431 e. The molecule has 74 valence electrons. The lowest BCUT2D eigenvalue weighted by Crippen LogP contribution is -2.05. The summed E-state index contributed by atoms with van der Waals surface area (Å²) < 4.78 is 0. The summed E-state index contributed by atoms with van der Waals surface area (Å²) in [6, 6.07) is 0. The van der Waals surface area contributed by atoms with Crippen LogP contribution in [-0.2, 0) is 0 Å². The summed E-state index contributed by atoms with van der Waals surface area (Å²) >= 11 is 0. The maximum atomic E-state index is 8.60. The van der Waals surface area contributed by atoms with Crippen LogP contribution in [0.25, 0.3) is 0 Å². The molecule has 2 heteroatoms. The molecule has 0 radical (unpaired) electrons. The van der Waals surface area contributed by atoms with Crippen LogP contribution in [0.5, 0.6) is 0 Å². The second-order valence-electron chi connectivity index (χ2n) is 3.72. The highest BCUT2D eigenvalue weighted by atomic mass is 16.2. The van der Waals surface area contributed by atoms with Gasteiger partial charge >= 0.3 is 0 Å².